The van der Waals surface area contributed by atoms with Crippen LogP contribution in [0.1, 0.15) is 49.9 Å². The summed E-state index contributed by atoms with van der Waals surface area (Å²) in [7, 11) is 0. The van der Waals surface area contributed by atoms with E-state index in [0.717, 1.165) is 59.7 Å². The fourth-order valence-electron chi connectivity index (χ4n) is 4.68. The lowest BCUT2D eigenvalue weighted by atomic mass is 10.1. The summed E-state index contributed by atoms with van der Waals surface area (Å²) >= 11 is 1.49. The van der Waals surface area contributed by atoms with E-state index in [2.05, 4.69) is 17.1 Å². The number of nitrogens with zero attached hydrogens (tertiary/aromatic N) is 4. The molecular formula is C24H29N5O3S. The molecule has 2 aliphatic heterocycles. The summed E-state index contributed by atoms with van der Waals surface area (Å²) in [4.78, 5) is 33.1. The van der Waals surface area contributed by atoms with Crippen molar-refractivity contribution in [1.82, 2.24) is 20.1 Å². The van der Waals surface area contributed by atoms with E-state index in [0.29, 0.717) is 25.3 Å². The Labute approximate surface area is 196 Å². The first-order valence-corrected chi connectivity index (χ1v) is 12.6. The molecule has 0 bridgehead atoms. The molecule has 33 heavy (non-hydrogen) atoms. The Kier molecular flexibility index (Phi) is 6.41. The first-order valence-electron chi connectivity index (χ1n) is 11.7. The van der Waals surface area contributed by atoms with E-state index in [1.165, 1.54) is 11.3 Å². The highest BCUT2D eigenvalue weighted by molar-refractivity contribution is 7.22. The predicted molar refractivity (Wildman–Crippen MR) is 129 cm³/mol. The molecule has 174 valence electrons. The van der Waals surface area contributed by atoms with Gasteiger partial charge in [-0.25, -0.2) is 9.67 Å². The normalized spacial score (nSPS) is 19.3. The average molecular weight is 468 g/mol. The SMILES string of the molecule is CCc1nn(C2CCOCC2)c(=O)c2nc(N3CCCC3C(=O)NCc3ccccc3)sc12. The molecule has 0 radical (unpaired) electrons. The van der Waals surface area contributed by atoms with Crippen molar-refractivity contribution in [1.29, 1.82) is 0 Å². The van der Waals surface area contributed by atoms with Gasteiger partial charge in [-0.3, -0.25) is 9.59 Å². The van der Waals surface area contributed by atoms with Crippen molar-refractivity contribution >= 4 is 32.6 Å². The lowest BCUT2D eigenvalue weighted by molar-refractivity contribution is -0.122. The number of fused-ring (bicyclic) bond motifs is 1. The minimum Gasteiger partial charge on any atom is -0.381 e. The molecule has 1 aromatic carbocycles. The van der Waals surface area contributed by atoms with Gasteiger partial charge in [0.05, 0.1) is 16.4 Å². The van der Waals surface area contributed by atoms with Crippen LogP contribution in [-0.4, -0.2) is 46.5 Å². The van der Waals surface area contributed by atoms with Crippen LogP contribution in [0.2, 0.25) is 0 Å². The standard InChI is InChI=1S/C24H29N5O3S/c1-2-18-21-20(23(31)29(27-18)17-10-13-32-14-11-17)26-24(33-21)28-12-6-9-19(28)22(30)25-15-16-7-4-3-5-8-16/h3-5,7-8,17,19H,2,6,9-15H2,1H3,(H,25,30). The van der Waals surface area contributed by atoms with E-state index >= 15 is 0 Å². The van der Waals surface area contributed by atoms with Gasteiger partial charge in [-0.15, -0.1) is 0 Å². The number of carbonyl (C=O) groups is 1. The zero-order valence-corrected chi connectivity index (χ0v) is 19.6. The van der Waals surface area contributed by atoms with E-state index in [1.807, 2.05) is 30.3 Å². The van der Waals surface area contributed by atoms with Crippen molar-refractivity contribution in [2.45, 2.75) is 57.7 Å². The van der Waals surface area contributed by atoms with Crippen LogP contribution in [0, 0.1) is 0 Å². The molecule has 1 unspecified atom stereocenters. The average Bonchev–Trinajstić information content (AvgIpc) is 3.52. The topological polar surface area (TPSA) is 89.4 Å². The zero-order chi connectivity index (χ0) is 22.8. The maximum Gasteiger partial charge on any atom is 0.294 e. The Bertz CT molecular complexity index is 1190. The summed E-state index contributed by atoms with van der Waals surface area (Å²) < 4.78 is 7.93. The van der Waals surface area contributed by atoms with Crippen LogP contribution in [0.15, 0.2) is 35.1 Å². The van der Waals surface area contributed by atoms with Crippen molar-refractivity contribution in [2.24, 2.45) is 0 Å². The zero-order valence-electron chi connectivity index (χ0n) is 18.8. The third kappa shape index (κ3) is 4.39. The molecule has 2 saturated heterocycles. The number of amides is 1. The van der Waals surface area contributed by atoms with Gasteiger partial charge >= 0.3 is 0 Å². The van der Waals surface area contributed by atoms with E-state index in [-0.39, 0.29) is 23.6 Å². The molecule has 0 aliphatic carbocycles. The summed E-state index contributed by atoms with van der Waals surface area (Å²) in [5, 5.41) is 8.52. The lowest BCUT2D eigenvalue weighted by Gasteiger charge is -2.23. The van der Waals surface area contributed by atoms with Crippen LogP contribution < -0.4 is 15.8 Å². The monoisotopic (exact) mass is 467 g/mol. The number of carbonyl (C=O) groups excluding carboxylic acids is 1. The summed E-state index contributed by atoms with van der Waals surface area (Å²) in [5.74, 6) is 0.00376. The first kappa shape index (κ1) is 22.0. The number of ether oxygens (including phenoxy) is 1. The summed E-state index contributed by atoms with van der Waals surface area (Å²) in [6, 6.07) is 9.69. The van der Waals surface area contributed by atoms with Crippen molar-refractivity contribution in [3.63, 3.8) is 0 Å². The van der Waals surface area contributed by atoms with Gasteiger partial charge in [0.1, 0.15) is 6.04 Å². The summed E-state index contributed by atoms with van der Waals surface area (Å²) in [5.41, 5.74) is 2.30. The van der Waals surface area contributed by atoms with Gasteiger partial charge in [-0.05, 0) is 37.7 Å². The molecule has 3 aromatic rings. The Morgan fingerprint density at radius 3 is 2.76 bits per heavy atom. The van der Waals surface area contributed by atoms with Gasteiger partial charge in [0.2, 0.25) is 5.91 Å². The summed E-state index contributed by atoms with van der Waals surface area (Å²) in [6.07, 6.45) is 4.00. The number of hydrogen-bond acceptors (Lipinski definition) is 7. The van der Waals surface area contributed by atoms with Crippen molar-refractivity contribution in [3.8, 4) is 0 Å². The molecule has 2 aromatic heterocycles. The molecule has 8 nitrogen and oxygen atoms in total. The molecule has 4 heterocycles. The fourth-order valence-corrected chi connectivity index (χ4v) is 5.87. The highest BCUT2D eigenvalue weighted by atomic mass is 32.1. The Hall–Kier alpha value is -2.78. The second-order valence-electron chi connectivity index (χ2n) is 8.62. The number of aromatic nitrogens is 3. The number of hydrogen-bond donors (Lipinski definition) is 1. The molecule has 1 atom stereocenters. The number of nitrogens with one attached hydrogen (secondary N) is 1. The van der Waals surface area contributed by atoms with Gasteiger partial charge in [0.25, 0.3) is 5.56 Å². The highest BCUT2D eigenvalue weighted by Crippen LogP contribution is 2.34. The summed E-state index contributed by atoms with van der Waals surface area (Å²) in [6.45, 7) is 4.60. The number of aryl methyl sites for hydroxylation is 1. The molecule has 1 amide bonds. The predicted octanol–water partition coefficient (Wildman–Crippen LogP) is 3.05. The number of rotatable bonds is 6. The van der Waals surface area contributed by atoms with E-state index in [9.17, 15) is 9.59 Å². The quantitative estimate of drug-likeness (QED) is 0.599. The molecule has 2 fully saturated rings. The third-order valence-corrected chi connectivity index (χ3v) is 7.64. The van der Waals surface area contributed by atoms with Crippen LogP contribution in [0.5, 0.6) is 0 Å². The largest absolute Gasteiger partial charge is 0.381 e. The lowest BCUT2D eigenvalue weighted by Crippen LogP contribution is -2.43. The molecule has 5 rings (SSSR count). The van der Waals surface area contributed by atoms with E-state index < -0.39 is 0 Å². The van der Waals surface area contributed by atoms with Crippen molar-refractivity contribution in [3.05, 3.63) is 51.9 Å². The molecule has 9 heteroatoms. The maximum atomic E-state index is 13.3. The molecule has 1 N–H and O–H groups in total. The van der Waals surface area contributed by atoms with Crippen molar-refractivity contribution < 1.29 is 9.53 Å². The molecular weight excluding hydrogens is 438 g/mol. The fraction of sp³-hybridized carbons (Fsp3) is 0.500. The van der Waals surface area contributed by atoms with E-state index in [4.69, 9.17) is 14.8 Å². The number of thiazole rings is 1. The van der Waals surface area contributed by atoms with Crippen molar-refractivity contribution in [2.75, 3.05) is 24.7 Å². The van der Waals surface area contributed by atoms with Crippen LogP contribution in [-0.2, 0) is 22.5 Å². The molecule has 0 saturated carbocycles. The minimum atomic E-state index is -0.273. The Balaban J connectivity index is 1.42. The first-order chi connectivity index (χ1) is 16.2. The van der Waals surface area contributed by atoms with Crippen LogP contribution >= 0.6 is 11.3 Å². The maximum absolute atomic E-state index is 13.3. The van der Waals surface area contributed by atoms with Gasteiger partial charge < -0.3 is 15.0 Å². The second kappa shape index (κ2) is 9.61. The van der Waals surface area contributed by atoms with E-state index in [1.54, 1.807) is 4.68 Å². The van der Waals surface area contributed by atoms with Crippen LogP contribution in [0.25, 0.3) is 10.2 Å². The van der Waals surface area contributed by atoms with Gasteiger partial charge in [-0.1, -0.05) is 48.6 Å². The molecule has 0 spiro atoms. The highest BCUT2D eigenvalue weighted by Gasteiger charge is 2.33. The van der Waals surface area contributed by atoms with Gasteiger partial charge in [0, 0.05) is 26.3 Å². The molecule has 2 aliphatic rings. The minimum absolute atomic E-state index is 0.00376. The second-order valence-corrected chi connectivity index (χ2v) is 9.60. The third-order valence-electron chi connectivity index (χ3n) is 6.50. The smallest absolute Gasteiger partial charge is 0.294 e. The number of anilines is 1. The number of benzene rings is 1. The Morgan fingerprint density at radius 1 is 1.21 bits per heavy atom. The van der Waals surface area contributed by atoms with Crippen LogP contribution in [0.3, 0.4) is 0 Å². The van der Waals surface area contributed by atoms with Gasteiger partial charge in [0.15, 0.2) is 10.6 Å². The van der Waals surface area contributed by atoms with Gasteiger partial charge in [-0.2, -0.15) is 5.10 Å². The Morgan fingerprint density at radius 2 is 2.00 bits per heavy atom. The van der Waals surface area contributed by atoms with Crippen LogP contribution in [0.4, 0.5) is 5.13 Å².